The smallest absolute Gasteiger partial charge is 0.339 e. The molecule has 0 radical (unpaired) electrons. The minimum atomic E-state index is -4.07. The van der Waals surface area contributed by atoms with Gasteiger partial charge in [0.15, 0.2) is 0 Å². The van der Waals surface area contributed by atoms with Gasteiger partial charge < -0.3 is 19.0 Å². The van der Waals surface area contributed by atoms with Gasteiger partial charge in [-0.2, -0.15) is 16.8 Å². The number of hydrogen-bond donors (Lipinski definition) is 2. The molecule has 0 amide bonds. The predicted octanol–water partition coefficient (Wildman–Crippen LogP) is 8.36. The number of benzene rings is 6. The highest BCUT2D eigenvalue weighted by Crippen LogP contribution is 2.31. The summed E-state index contributed by atoms with van der Waals surface area (Å²) in [5.74, 6) is -1.21. The molecule has 0 saturated heterocycles. The minimum absolute atomic E-state index is 0.0328. The Morgan fingerprint density at radius 2 is 0.750 bits per heavy atom. The Morgan fingerprint density at radius 3 is 1.07 bits per heavy atom. The SMILES string of the molecule is C[C@@H](NCC(C(=O)C(CN[C@H](C)c1ccccc1)c1ccc(OS(=O)(=O)c2ccccc2)cc1)c1ccc(OS(=O)(=O)c2ccccc2)cc1)c1ccccc1. The number of ketones is 1. The third kappa shape index (κ3) is 10.4. The van der Waals surface area contributed by atoms with Crippen molar-refractivity contribution in [1.29, 1.82) is 0 Å². The van der Waals surface area contributed by atoms with Gasteiger partial charge in [-0.05, 0) is 84.6 Å². The molecule has 0 aromatic heterocycles. The van der Waals surface area contributed by atoms with E-state index in [0.717, 1.165) is 11.1 Å². The number of carbonyl (C=O) groups excluding carboxylic acids is 1. The maximum Gasteiger partial charge on any atom is 0.339 e. The highest BCUT2D eigenvalue weighted by Gasteiger charge is 2.31. The van der Waals surface area contributed by atoms with Crippen molar-refractivity contribution in [2.45, 2.75) is 47.6 Å². The van der Waals surface area contributed by atoms with Crippen LogP contribution in [0.25, 0.3) is 0 Å². The monoisotopic (exact) mass is 788 g/mol. The second-order valence-electron chi connectivity index (χ2n) is 13.4. The van der Waals surface area contributed by atoms with Gasteiger partial charge in [-0.15, -0.1) is 0 Å². The van der Waals surface area contributed by atoms with E-state index >= 15 is 4.79 Å². The van der Waals surface area contributed by atoms with E-state index in [2.05, 4.69) is 10.6 Å². The second kappa shape index (κ2) is 18.4. The fourth-order valence-electron chi connectivity index (χ4n) is 6.35. The molecule has 0 aliphatic heterocycles. The lowest BCUT2D eigenvalue weighted by atomic mass is 9.83. The predicted molar refractivity (Wildman–Crippen MR) is 218 cm³/mol. The minimum Gasteiger partial charge on any atom is -0.379 e. The molecular weight excluding hydrogens is 745 g/mol. The lowest BCUT2D eigenvalue weighted by Crippen LogP contribution is -2.36. The summed E-state index contributed by atoms with van der Waals surface area (Å²) in [4.78, 5) is 15.1. The lowest BCUT2D eigenvalue weighted by Gasteiger charge is -2.27. The van der Waals surface area contributed by atoms with Crippen molar-refractivity contribution in [2.75, 3.05) is 13.1 Å². The van der Waals surface area contributed by atoms with Crippen LogP contribution in [0.2, 0.25) is 0 Å². The number of carbonyl (C=O) groups is 1. The average Bonchev–Trinajstić information content (AvgIpc) is 3.23. The summed E-state index contributed by atoms with van der Waals surface area (Å²) in [6, 6.07) is 48.6. The third-order valence-corrected chi connectivity index (χ3v) is 12.1. The molecule has 56 heavy (non-hydrogen) atoms. The van der Waals surface area contributed by atoms with E-state index in [4.69, 9.17) is 8.37 Å². The molecule has 0 spiro atoms. The van der Waals surface area contributed by atoms with Gasteiger partial charge in [0.05, 0.1) is 11.8 Å². The summed E-state index contributed by atoms with van der Waals surface area (Å²) in [6.45, 7) is 4.62. The molecule has 6 aromatic rings. The maximum atomic E-state index is 15.0. The van der Waals surface area contributed by atoms with Gasteiger partial charge in [0.25, 0.3) is 0 Å². The van der Waals surface area contributed by atoms with Crippen molar-refractivity contribution in [1.82, 2.24) is 10.6 Å². The largest absolute Gasteiger partial charge is 0.379 e. The highest BCUT2D eigenvalue weighted by molar-refractivity contribution is 7.87. The quantitative estimate of drug-likeness (QED) is 0.0827. The zero-order chi connectivity index (χ0) is 39.5. The van der Waals surface area contributed by atoms with Crippen LogP contribution in [0, 0.1) is 0 Å². The lowest BCUT2D eigenvalue weighted by molar-refractivity contribution is -0.121. The number of nitrogens with one attached hydrogen (secondary N) is 2. The maximum absolute atomic E-state index is 15.0. The van der Waals surface area contributed by atoms with Crippen molar-refractivity contribution in [2.24, 2.45) is 0 Å². The van der Waals surface area contributed by atoms with Crippen molar-refractivity contribution in [3.8, 4) is 11.5 Å². The van der Waals surface area contributed by atoms with E-state index < -0.39 is 32.1 Å². The van der Waals surface area contributed by atoms with E-state index in [0.29, 0.717) is 11.1 Å². The summed E-state index contributed by atoms with van der Waals surface area (Å²) >= 11 is 0. The first kappa shape index (κ1) is 40.1. The zero-order valence-corrected chi connectivity index (χ0v) is 32.7. The molecule has 0 aliphatic carbocycles. The van der Waals surface area contributed by atoms with Gasteiger partial charge >= 0.3 is 20.2 Å². The fraction of sp³-hybridized carbons (Fsp3) is 0.178. The van der Waals surface area contributed by atoms with Crippen LogP contribution in [-0.2, 0) is 25.0 Å². The molecule has 11 heteroatoms. The number of hydrogen-bond acceptors (Lipinski definition) is 9. The average molecular weight is 789 g/mol. The van der Waals surface area contributed by atoms with Crippen LogP contribution in [0.5, 0.6) is 11.5 Å². The highest BCUT2D eigenvalue weighted by atomic mass is 32.2. The van der Waals surface area contributed by atoms with Crippen molar-refractivity contribution < 1.29 is 30.0 Å². The second-order valence-corrected chi connectivity index (χ2v) is 16.5. The molecule has 0 fully saturated rings. The summed E-state index contributed by atoms with van der Waals surface area (Å²) in [7, 11) is -8.14. The fourth-order valence-corrected chi connectivity index (χ4v) is 8.25. The Bertz CT molecular complexity index is 2210. The molecule has 2 N–H and O–H groups in total. The van der Waals surface area contributed by atoms with Gasteiger partial charge in [0.2, 0.25) is 0 Å². The Kier molecular flexibility index (Phi) is 13.1. The molecule has 0 bridgehead atoms. The van der Waals surface area contributed by atoms with Crippen molar-refractivity contribution in [3.05, 3.63) is 192 Å². The van der Waals surface area contributed by atoms with Crippen LogP contribution >= 0.6 is 0 Å². The molecule has 0 heterocycles. The van der Waals surface area contributed by atoms with Gasteiger partial charge in [-0.25, -0.2) is 0 Å². The molecule has 9 nitrogen and oxygen atoms in total. The van der Waals surface area contributed by atoms with Crippen LogP contribution in [0.15, 0.2) is 180 Å². The molecule has 4 atom stereocenters. The Morgan fingerprint density at radius 1 is 0.446 bits per heavy atom. The zero-order valence-electron chi connectivity index (χ0n) is 31.1. The summed E-state index contributed by atoms with van der Waals surface area (Å²) in [5, 5.41) is 7.09. The van der Waals surface area contributed by atoms with Gasteiger partial charge in [0.1, 0.15) is 27.1 Å². The van der Waals surface area contributed by atoms with Crippen LogP contribution < -0.4 is 19.0 Å². The van der Waals surface area contributed by atoms with Crippen LogP contribution in [-0.4, -0.2) is 35.7 Å². The van der Waals surface area contributed by atoms with Crippen molar-refractivity contribution in [3.63, 3.8) is 0 Å². The van der Waals surface area contributed by atoms with Gasteiger partial charge in [-0.3, -0.25) is 4.79 Å². The van der Waals surface area contributed by atoms with E-state index in [1.54, 1.807) is 84.9 Å². The molecule has 0 saturated carbocycles. The molecule has 6 rings (SSSR count). The van der Waals surface area contributed by atoms with E-state index in [9.17, 15) is 16.8 Å². The normalized spacial score (nSPS) is 13.9. The van der Waals surface area contributed by atoms with Crippen molar-refractivity contribution >= 4 is 26.0 Å². The topological polar surface area (TPSA) is 128 Å². The number of rotatable bonds is 18. The summed E-state index contributed by atoms with van der Waals surface area (Å²) in [6.07, 6.45) is 0. The third-order valence-electron chi connectivity index (χ3n) is 9.58. The molecular formula is C45H44N2O7S2. The first-order valence-corrected chi connectivity index (χ1v) is 21.1. The molecule has 0 aliphatic rings. The van der Waals surface area contributed by atoms with E-state index in [1.165, 1.54) is 24.3 Å². The Labute approximate surface area is 329 Å². The van der Waals surface area contributed by atoms with Crippen LogP contribution in [0.3, 0.4) is 0 Å². The molecule has 2 unspecified atom stereocenters. The first-order valence-electron chi connectivity index (χ1n) is 18.3. The first-order chi connectivity index (χ1) is 27.0. The van der Waals surface area contributed by atoms with Crippen LogP contribution in [0.4, 0.5) is 0 Å². The standard InChI is InChI=1S/C45H44N2O7S2/c1-33(35-15-7-3-8-16-35)46-31-43(37-23-27-39(28-24-37)53-55(49,50)41-19-11-5-12-20-41)45(48)44(32-47-34(2)36-17-9-4-10-18-36)38-25-29-40(30-26-38)54-56(51,52)42-21-13-6-14-22-42/h3-30,33-34,43-44,46-47H,31-32H2,1-2H3/t33-,34-,43?,44?/m1/s1. The van der Waals surface area contributed by atoms with Crippen LogP contribution in [0.1, 0.15) is 60.0 Å². The van der Waals surface area contributed by atoms with Gasteiger partial charge in [-0.1, -0.05) is 121 Å². The Hall–Kier alpha value is -5.59. The summed E-state index contributed by atoms with van der Waals surface area (Å²) in [5.41, 5.74) is 3.46. The molecule has 6 aromatic carbocycles. The van der Waals surface area contributed by atoms with E-state index in [1.807, 2.05) is 74.5 Å². The summed E-state index contributed by atoms with van der Waals surface area (Å²) < 4.78 is 62.7. The number of Topliss-reactive ketones (excluding diaryl/α,β-unsaturated/α-hetero) is 1. The molecule has 288 valence electrons. The van der Waals surface area contributed by atoms with Gasteiger partial charge in [0, 0.05) is 25.2 Å². The van der Waals surface area contributed by atoms with E-state index in [-0.39, 0.29) is 52.2 Å². The Balaban J connectivity index is 1.31.